The molecule has 0 aromatic rings. The molecule has 2 amide bonds. The first-order chi connectivity index (χ1) is 8.02. The Bertz CT molecular complexity index is 417. The minimum Gasteiger partial charge on any atom is -0.469 e. The van der Waals surface area contributed by atoms with Gasteiger partial charge in [-0.3, -0.25) is 24.5 Å². The molecule has 0 unspecified atom stereocenters. The van der Waals surface area contributed by atoms with Gasteiger partial charge in [0.2, 0.25) is 11.8 Å². The molecule has 0 radical (unpaired) electrons. The van der Waals surface area contributed by atoms with Crippen molar-refractivity contribution in [2.75, 3.05) is 13.7 Å². The maximum atomic E-state index is 11.8. The van der Waals surface area contributed by atoms with Crippen molar-refractivity contribution in [3.63, 3.8) is 0 Å². The van der Waals surface area contributed by atoms with Crippen molar-refractivity contribution in [3.8, 4) is 0 Å². The predicted molar refractivity (Wildman–Crippen MR) is 51.3 cm³/mol. The number of cyclic esters (lactones) is 1. The van der Waals surface area contributed by atoms with E-state index < -0.39 is 35.1 Å². The largest absolute Gasteiger partial charge is 0.469 e. The smallest absolute Gasteiger partial charge is 0.322 e. The number of esters is 2. The van der Waals surface area contributed by atoms with Gasteiger partial charge in [-0.1, -0.05) is 0 Å². The monoisotopic (exact) mass is 241 g/mol. The summed E-state index contributed by atoms with van der Waals surface area (Å²) >= 11 is 0. The number of nitrogens with one attached hydrogen (secondary N) is 1. The van der Waals surface area contributed by atoms with Crippen LogP contribution in [0.3, 0.4) is 0 Å². The molecule has 1 N–H and O–H groups in total. The van der Waals surface area contributed by atoms with Gasteiger partial charge in [-0.05, 0) is 0 Å². The summed E-state index contributed by atoms with van der Waals surface area (Å²) in [6.45, 7) is 0.0634. The lowest BCUT2D eigenvalue weighted by Gasteiger charge is -2.33. The van der Waals surface area contributed by atoms with Crippen LogP contribution in [-0.2, 0) is 28.7 Å². The lowest BCUT2D eigenvalue weighted by molar-refractivity contribution is -0.170. The average Bonchev–Trinajstić information content (AvgIpc) is 2.66. The van der Waals surface area contributed by atoms with Crippen LogP contribution in [0.15, 0.2) is 0 Å². The van der Waals surface area contributed by atoms with Gasteiger partial charge in [0.25, 0.3) is 0 Å². The Kier molecular flexibility index (Phi) is 2.60. The highest BCUT2D eigenvalue weighted by molar-refractivity contribution is 6.15. The van der Waals surface area contributed by atoms with Crippen LogP contribution < -0.4 is 5.32 Å². The molecule has 0 bridgehead atoms. The molecule has 7 heteroatoms. The molecule has 2 fully saturated rings. The van der Waals surface area contributed by atoms with Gasteiger partial charge in [0.15, 0.2) is 5.41 Å². The van der Waals surface area contributed by atoms with Crippen molar-refractivity contribution in [2.45, 2.75) is 12.8 Å². The van der Waals surface area contributed by atoms with Crippen molar-refractivity contribution in [1.82, 2.24) is 5.32 Å². The fourth-order valence-electron chi connectivity index (χ4n) is 2.29. The number of ether oxygens (including phenoxy) is 2. The zero-order chi connectivity index (χ0) is 12.6. The fraction of sp³-hybridized carbons (Fsp3) is 0.600. The van der Waals surface area contributed by atoms with Crippen LogP contribution in [0.25, 0.3) is 0 Å². The zero-order valence-corrected chi connectivity index (χ0v) is 9.15. The highest BCUT2D eigenvalue weighted by Gasteiger charge is 2.62. The third-order valence-electron chi connectivity index (χ3n) is 3.22. The number of carbonyl (C=O) groups excluding carboxylic acids is 4. The first kappa shape index (κ1) is 11.6. The van der Waals surface area contributed by atoms with E-state index in [9.17, 15) is 19.2 Å². The fourth-order valence-corrected chi connectivity index (χ4v) is 2.29. The summed E-state index contributed by atoms with van der Waals surface area (Å²) in [5.41, 5.74) is -1.60. The molecular formula is C10H11NO6. The number of imide groups is 1. The normalized spacial score (nSPS) is 32.3. The van der Waals surface area contributed by atoms with E-state index in [0.29, 0.717) is 0 Å². The van der Waals surface area contributed by atoms with Gasteiger partial charge in [0.05, 0.1) is 19.6 Å². The number of hydrogen-bond acceptors (Lipinski definition) is 6. The van der Waals surface area contributed by atoms with E-state index in [-0.39, 0.29) is 19.4 Å². The summed E-state index contributed by atoms with van der Waals surface area (Å²) in [6, 6.07) is 0. The summed E-state index contributed by atoms with van der Waals surface area (Å²) in [5.74, 6) is -3.96. The van der Waals surface area contributed by atoms with E-state index >= 15 is 0 Å². The maximum absolute atomic E-state index is 11.8. The Labute approximate surface area is 96.4 Å². The van der Waals surface area contributed by atoms with Crippen molar-refractivity contribution < 1.29 is 28.7 Å². The first-order valence-corrected chi connectivity index (χ1v) is 5.11. The highest BCUT2D eigenvalue weighted by atomic mass is 16.5. The molecule has 1 spiro atoms. The molecule has 2 rings (SSSR count). The SMILES string of the molecule is COC(=O)[C@H]1CC(=O)NC(=O)[C@@]12CCOC2=O. The third kappa shape index (κ3) is 1.49. The standard InChI is InChI=1S/C10H11NO6/c1-16-7(13)5-4-6(12)11-8(14)10(5)2-3-17-9(10)15/h5H,2-4H2,1H3,(H,11,12,14)/t5-,10-/m1/s1. The Morgan fingerprint density at radius 1 is 1.47 bits per heavy atom. The quantitative estimate of drug-likeness (QED) is 0.350. The summed E-state index contributed by atoms with van der Waals surface area (Å²) in [6.07, 6.45) is -0.155. The van der Waals surface area contributed by atoms with Crippen LogP contribution >= 0.6 is 0 Å². The summed E-state index contributed by atoms with van der Waals surface area (Å²) in [4.78, 5) is 46.4. The molecule has 92 valence electrons. The van der Waals surface area contributed by atoms with Crippen molar-refractivity contribution in [3.05, 3.63) is 0 Å². The molecule has 7 nitrogen and oxygen atoms in total. The lowest BCUT2D eigenvalue weighted by Crippen LogP contribution is -2.58. The van der Waals surface area contributed by atoms with Gasteiger partial charge < -0.3 is 9.47 Å². The predicted octanol–water partition coefficient (Wildman–Crippen LogP) is -1.24. The lowest BCUT2D eigenvalue weighted by atomic mass is 9.69. The third-order valence-corrected chi connectivity index (χ3v) is 3.22. The van der Waals surface area contributed by atoms with Gasteiger partial charge >= 0.3 is 11.9 Å². The van der Waals surface area contributed by atoms with Crippen LogP contribution in [0.5, 0.6) is 0 Å². The second-order valence-electron chi connectivity index (χ2n) is 4.01. The minimum atomic E-state index is -1.60. The number of methoxy groups -OCH3 is 1. The van der Waals surface area contributed by atoms with Crippen LogP contribution in [0, 0.1) is 11.3 Å². The Hall–Kier alpha value is -1.92. The molecule has 0 aromatic heterocycles. The first-order valence-electron chi connectivity index (χ1n) is 5.11. The molecule has 2 saturated heterocycles. The van der Waals surface area contributed by atoms with Crippen LogP contribution in [-0.4, -0.2) is 37.5 Å². The second kappa shape index (κ2) is 3.83. The number of carbonyl (C=O) groups is 4. The molecule has 2 aliphatic rings. The maximum Gasteiger partial charge on any atom is 0.322 e. The molecule has 0 aliphatic carbocycles. The van der Waals surface area contributed by atoms with E-state index in [0.717, 1.165) is 7.11 Å². The van der Waals surface area contributed by atoms with Gasteiger partial charge in [-0.25, -0.2) is 0 Å². The van der Waals surface area contributed by atoms with Crippen LogP contribution in [0.1, 0.15) is 12.8 Å². The van der Waals surface area contributed by atoms with Crippen LogP contribution in [0.4, 0.5) is 0 Å². The van der Waals surface area contributed by atoms with E-state index in [4.69, 9.17) is 4.74 Å². The minimum absolute atomic E-state index is 0.0634. The molecule has 2 atom stereocenters. The van der Waals surface area contributed by atoms with Gasteiger partial charge in [0, 0.05) is 12.8 Å². The van der Waals surface area contributed by atoms with Crippen molar-refractivity contribution in [1.29, 1.82) is 0 Å². The van der Waals surface area contributed by atoms with E-state index in [2.05, 4.69) is 10.1 Å². The highest BCUT2D eigenvalue weighted by Crippen LogP contribution is 2.42. The van der Waals surface area contributed by atoms with E-state index in [1.165, 1.54) is 0 Å². The second-order valence-corrected chi connectivity index (χ2v) is 4.01. The number of amides is 2. The van der Waals surface area contributed by atoms with Gasteiger partial charge in [-0.15, -0.1) is 0 Å². The Morgan fingerprint density at radius 3 is 2.71 bits per heavy atom. The number of hydrogen-bond donors (Lipinski definition) is 1. The molecule has 0 saturated carbocycles. The van der Waals surface area contributed by atoms with Crippen molar-refractivity contribution in [2.24, 2.45) is 11.3 Å². The topological polar surface area (TPSA) is 98.8 Å². The summed E-state index contributed by atoms with van der Waals surface area (Å²) in [5, 5.41) is 2.06. The number of piperidine rings is 1. The summed E-state index contributed by atoms with van der Waals surface area (Å²) in [7, 11) is 1.15. The molecule has 2 heterocycles. The van der Waals surface area contributed by atoms with Gasteiger partial charge in [0.1, 0.15) is 0 Å². The zero-order valence-electron chi connectivity index (χ0n) is 9.15. The summed E-state index contributed by atoms with van der Waals surface area (Å²) < 4.78 is 9.30. The van der Waals surface area contributed by atoms with Gasteiger partial charge in [-0.2, -0.15) is 0 Å². The molecule has 0 aromatic carbocycles. The van der Waals surface area contributed by atoms with E-state index in [1.54, 1.807) is 0 Å². The Morgan fingerprint density at radius 2 is 2.18 bits per heavy atom. The molecule has 17 heavy (non-hydrogen) atoms. The average molecular weight is 241 g/mol. The van der Waals surface area contributed by atoms with E-state index in [1.807, 2.05) is 0 Å². The van der Waals surface area contributed by atoms with Crippen LogP contribution in [0.2, 0.25) is 0 Å². The Balaban J connectivity index is 2.43. The molecular weight excluding hydrogens is 230 g/mol. The molecule has 2 aliphatic heterocycles. The van der Waals surface area contributed by atoms with Crippen molar-refractivity contribution >= 4 is 23.8 Å². The number of rotatable bonds is 1.